The van der Waals surface area contributed by atoms with E-state index in [4.69, 9.17) is 9.47 Å². The van der Waals surface area contributed by atoms with Gasteiger partial charge in [0.2, 0.25) is 0 Å². The van der Waals surface area contributed by atoms with E-state index in [2.05, 4.69) is 25.4 Å². The Morgan fingerprint density at radius 1 is 1.12 bits per heavy atom. The smallest absolute Gasteiger partial charge is 0.254 e. The monoisotopic (exact) mass is 467 g/mol. The van der Waals surface area contributed by atoms with Crippen molar-refractivity contribution in [1.82, 2.24) is 29.3 Å². The number of hydrogen-bond acceptors (Lipinski definition) is 10. The molecule has 0 radical (unpaired) electrons. The number of benzene rings is 1. The third kappa shape index (κ3) is 3.76. The number of fused-ring (bicyclic) bond motifs is 1. The summed E-state index contributed by atoms with van der Waals surface area (Å²) in [5, 5.41) is 37.7. The minimum atomic E-state index is -1.26. The topological polar surface area (TPSA) is 153 Å². The van der Waals surface area contributed by atoms with Crippen molar-refractivity contribution in [2.24, 2.45) is 0 Å². The Labute approximate surface area is 194 Å². The molecule has 34 heavy (non-hydrogen) atoms. The summed E-state index contributed by atoms with van der Waals surface area (Å²) in [4.78, 5) is 13.6. The molecule has 0 spiro atoms. The van der Waals surface area contributed by atoms with E-state index in [9.17, 15) is 15.3 Å². The minimum absolute atomic E-state index is 0.289. The zero-order valence-corrected chi connectivity index (χ0v) is 18.6. The molecule has 5 rings (SSSR count). The number of nitrogens with one attached hydrogen (secondary N) is 1. The average molecular weight is 467 g/mol. The van der Waals surface area contributed by atoms with E-state index in [0.29, 0.717) is 23.5 Å². The second-order valence-corrected chi connectivity index (χ2v) is 7.86. The van der Waals surface area contributed by atoms with Gasteiger partial charge in [0.1, 0.15) is 24.1 Å². The molecule has 0 saturated carbocycles. The molecule has 4 heterocycles. The number of aliphatic hydroxyl groups excluding tert-OH is 3. The molecule has 12 nitrogen and oxygen atoms in total. The first-order valence-electron chi connectivity index (χ1n) is 10.8. The number of ether oxygens (including phenoxy) is 2. The van der Waals surface area contributed by atoms with Gasteiger partial charge in [0.25, 0.3) is 5.95 Å². The van der Waals surface area contributed by atoms with E-state index in [0.717, 1.165) is 16.9 Å². The lowest BCUT2D eigenvalue weighted by molar-refractivity contribution is -0.0511. The van der Waals surface area contributed by atoms with Gasteiger partial charge in [0, 0.05) is 18.3 Å². The molecule has 1 aromatic carbocycles. The summed E-state index contributed by atoms with van der Waals surface area (Å²) in [7, 11) is 1.62. The lowest BCUT2D eigenvalue weighted by Crippen LogP contribution is -2.33. The zero-order chi connectivity index (χ0) is 23.8. The van der Waals surface area contributed by atoms with Gasteiger partial charge in [0.15, 0.2) is 23.2 Å². The number of anilines is 1. The van der Waals surface area contributed by atoms with Crippen LogP contribution in [0.5, 0.6) is 5.75 Å². The van der Waals surface area contributed by atoms with Gasteiger partial charge in [-0.25, -0.2) is 9.67 Å². The molecule has 4 aromatic rings. The first-order chi connectivity index (χ1) is 16.5. The lowest BCUT2D eigenvalue weighted by atomic mass is 10.1. The van der Waals surface area contributed by atoms with Crippen molar-refractivity contribution in [1.29, 1.82) is 0 Å². The van der Waals surface area contributed by atoms with E-state index in [1.807, 2.05) is 37.4 Å². The Balaban J connectivity index is 1.56. The summed E-state index contributed by atoms with van der Waals surface area (Å²) >= 11 is 0. The highest BCUT2D eigenvalue weighted by Crippen LogP contribution is 2.33. The SMILES string of the molecule is CCNc1nc(-n2cc(-c3ccc(OC)cc3)cn2)nc2c1ncn2[C@@H]1O[C@H](CO)[C@@H](O)[C@H]1O. The Kier molecular flexibility index (Phi) is 5.87. The molecule has 0 bridgehead atoms. The second kappa shape index (κ2) is 8.99. The summed E-state index contributed by atoms with van der Waals surface area (Å²) in [5.74, 6) is 1.55. The molecule has 1 fully saturated rings. The average Bonchev–Trinajstić information content (AvgIpc) is 3.58. The van der Waals surface area contributed by atoms with Gasteiger partial charge in [-0.1, -0.05) is 12.1 Å². The van der Waals surface area contributed by atoms with Crippen molar-refractivity contribution in [2.75, 3.05) is 25.6 Å². The van der Waals surface area contributed by atoms with Gasteiger partial charge in [-0.2, -0.15) is 15.1 Å². The van der Waals surface area contributed by atoms with Crippen molar-refractivity contribution in [2.45, 2.75) is 31.5 Å². The fraction of sp³-hybridized carbons (Fsp3) is 0.364. The molecule has 12 heteroatoms. The Hall–Kier alpha value is -3.58. The van der Waals surface area contributed by atoms with Gasteiger partial charge in [0.05, 0.1) is 26.2 Å². The van der Waals surface area contributed by atoms with Crippen LogP contribution in [0, 0.1) is 0 Å². The highest BCUT2D eigenvalue weighted by atomic mass is 16.6. The number of imidazole rings is 1. The molecule has 3 aromatic heterocycles. The summed E-state index contributed by atoms with van der Waals surface area (Å²) < 4.78 is 14.0. The molecular formula is C22H25N7O5. The number of nitrogens with zero attached hydrogens (tertiary/aromatic N) is 6. The lowest BCUT2D eigenvalue weighted by Gasteiger charge is -2.17. The van der Waals surface area contributed by atoms with Gasteiger partial charge in [-0.15, -0.1) is 0 Å². The van der Waals surface area contributed by atoms with Gasteiger partial charge < -0.3 is 30.1 Å². The summed E-state index contributed by atoms with van der Waals surface area (Å²) in [5.41, 5.74) is 2.69. The highest BCUT2D eigenvalue weighted by Gasteiger charge is 2.44. The van der Waals surface area contributed by atoms with Gasteiger partial charge >= 0.3 is 0 Å². The maximum absolute atomic E-state index is 10.5. The molecule has 178 valence electrons. The second-order valence-electron chi connectivity index (χ2n) is 7.86. The molecular weight excluding hydrogens is 442 g/mol. The number of aliphatic hydroxyl groups is 3. The molecule has 0 aliphatic carbocycles. The summed E-state index contributed by atoms with van der Waals surface area (Å²) in [6.07, 6.45) is 0.613. The first-order valence-corrected chi connectivity index (χ1v) is 10.8. The van der Waals surface area contributed by atoms with Crippen molar-refractivity contribution < 1.29 is 24.8 Å². The number of rotatable bonds is 7. The maximum atomic E-state index is 10.5. The quantitative estimate of drug-likeness (QED) is 0.306. The molecule has 1 aliphatic rings. The third-order valence-corrected chi connectivity index (χ3v) is 5.76. The normalized spacial score (nSPS) is 22.4. The maximum Gasteiger partial charge on any atom is 0.254 e. The Bertz CT molecular complexity index is 1290. The van der Waals surface area contributed by atoms with E-state index in [1.54, 1.807) is 18.0 Å². The van der Waals surface area contributed by atoms with Crippen LogP contribution in [0.2, 0.25) is 0 Å². The standard InChI is InChI=1S/C22H25N7O5/c1-3-23-19-16-20(28(11-24-16)21-18(32)17(31)15(10-30)34-21)27-22(26-19)29-9-13(8-25-29)12-4-6-14(33-2)7-5-12/h4-9,11,15,17-18,21,30-32H,3,10H2,1-2H3,(H,23,26,27)/t15-,17-,18-,21-/m1/s1. The van der Waals surface area contributed by atoms with Crippen LogP contribution in [-0.2, 0) is 4.74 Å². The largest absolute Gasteiger partial charge is 0.497 e. The van der Waals surface area contributed by atoms with Crippen LogP contribution < -0.4 is 10.1 Å². The summed E-state index contributed by atoms with van der Waals surface area (Å²) in [6.45, 7) is 2.11. The number of aromatic nitrogens is 6. The number of hydrogen-bond donors (Lipinski definition) is 4. The molecule has 1 saturated heterocycles. The van der Waals surface area contributed by atoms with Crippen LogP contribution in [0.15, 0.2) is 43.0 Å². The third-order valence-electron chi connectivity index (χ3n) is 5.76. The highest BCUT2D eigenvalue weighted by molar-refractivity contribution is 5.83. The van der Waals surface area contributed by atoms with E-state index >= 15 is 0 Å². The van der Waals surface area contributed by atoms with Crippen LogP contribution in [0.4, 0.5) is 5.82 Å². The Morgan fingerprint density at radius 3 is 2.59 bits per heavy atom. The van der Waals surface area contributed by atoms with E-state index in [-0.39, 0.29) is 5.95 Å². The Morgan fingerprint density at radius 2 is 1.91 bits per heavy atom. The van der Waals surface area contributed by atoms with Crippen LogP contribution >= 0.6 is 0 Å². The van der Waals surface area contributed by atoms with E-state index in [1.165, 1.54) is 10.9 Å². The molecule has 0 unspecified atom stereocenters. The van der Waals surface area contributed by atoms with Crippen LogP contribution in [0.1, 0.15) is 13.2 Å². The molecule has 1 aliphatic heterocycles. The zero-order valence-electron chi connectivity index (χ0n) is 18.6. The van der Waals surface area contributed by atoms with Gasteiger partial charge in [-0.3, -0.25) is 4.57 Å². The predicted octanol–water partition coefficient (Wildman–Crippen LogP) is 0.731. The van der Waals surface area contributed by atoms with Crippen LogP contribution in [0.3, 0.4) is 0 Å². The van der Waals surface area contributed by atoms with Crippen molar-refractivity contribution in [3.8, 4) is 22.8 Å². The van der Waals surface area contributed by atoms with Crippen molar-refractivity contribution >= 4 is 17.0 Å². The fourth-order valence-corrected chi connectivity index (χ4v) is 3.96. The van der Waals surface area contributed by atoms with Crippen LogP contribution in [0.25, 0.3) is 28.2 Å². The van der Waals surface area contributed by atoms with Crippen molar-refractivity contribution in [3.05, 3.63) is 43.0 Å². The van der Waals surface area contributed by atoms with Crippen molar-refractivity contribution in [3.63, 3.8) is 0 Å². The van der Waals surface area contributed by atoms with E-state index < -0.39 is 31.1 Å². The fourth-order valence-electron chi connectivity index (χ4n) is 3.96. The minimum Gasteiger partial charge on any atom is -0.497 e. The molecule has 4 atom stereocenters. The first kappa shape index (κ1) is 22.2. The van der Waals surface area contributed by atoms with Crippen LogP contribution in [-0.4, -0.2) is 83.2 Å². The predicted molar refractivity (Wildman–Crippen MR) is 122 cm³/mol. The molecule has 4 N–H and O–H groups in total. The number of methoxy groups -OCH3 is 1. The van der Waals surface area contributed by atoms with Gasteiger partial charge in [-0.05, 0) is 24.6 Å². The summed E-state index contributed by atoms with van der Waals surface area (Å²) in [6, 6.07) is 7.62. The molecule has 0 amide bonds.